The van der Waals surface area contributed by atoms with Crippen LogP contribution in [0.25, 0.3) is 49.4 Å². The number of fused-ring (bicyclic) bond motifs is 8. The van der Waals surface area contributed by atoms with Crippen LogP contribution in [0.4, 0.5) is 11.4 Å². The Labute approximate surface area is 263 Å². The fraction of sp³-hybridized carbons (Fsp3) is 0.116. The first-order chi connectivity index (χ1) is 22.1. The number of rotatable bonds is 4. The van der Waals surface area contributed by atoms with E-state index in [0.717, 1.165) is 34.3 Å². The number of furan rings is 1. The molecule has 216 valence electrons. The molecule has 2 aliphatic carbocycles. The van der Waals surface area contributed by atoms with Crippen molar-refractivity contribution >= 4 is 49.7 Å². The molecule has 0 spiro atoms. The third kappa shape index (κ3) is 4.02. The molecule has 0 saturated carbocycles. The zero-order valence-electron chi connectivity index (χ0n) is 25.5. The molecule has 1 heterocycles. The minimum Gasteiger partial charge on any atom is -0.456 e. The Kier molecular flexibility index (Phi) is 5.70. The molecule has 0 bridgehead atoms. The van der Waals surface area contributed by atoms with Crippen LogP contribution in [0.3, 0.4) is 0 Å². The minimum atomic E-state index is 0.122. The lowest BCUT2D eigenvalue weighted by Crippen LogP contribution is -2.26. The van der Waals surface area contributed by atoms with E-state index in [1.807, 2.05) is 0 Å². The molecule has 2 heteroatoms. The molecule has 0 fully saturated rings. The molecule has 0 aliphatic heterocycles. The van der Waals surface area contributed by atoms with E-state index in [9.17, 15) is 0 Å². The lowest BCUT2D eigenvalue weighted by atomic mass is 9.74. The number of nitrogens with zero attached hydrogens (tertiary/aromatic N) is 1. The van der Waals surface area contributed by atoms with Crippen molar-refractivity contribution < 1.29 is 4.42 Å². The number of anilines is 2. The van der Waals surface area contributed by atoms with Crippen molar-refractivity contribution in [2.75, 3.05) is 4.90 Å². The monoisotopic (exact) mass is 579 g/mol. The predicted molar refractivity (Wildman–Crippen MR) is 189 cm³/mol. The third-order valence-corrected chi connectivity index (χ3v) is 10.1. The second-order valence-electron chi connectivity index (χ2n) is 13.0. The van der Waals surface area contributed by atoms with Gasteiger partial charge in [0.05, 0.1) is 0 Å². The summed E-state index contributed by atoms with van der Waals surface area (Å²) in [5.74, 6) is 0.490. The number of hydrogen-bond acceptors (Lipinski definition) is 2. The Hall–Kier alpha value is -5.34. The molecule has 0 amide bonds. The predicted octanol–water partition coefficient (Wildman–Crippen LogP) is 11.8. The molecule has 1 unspecified atom stereocenters. The SMILES string of the molecule is CC1(C)c2ccccc2C2=CC(N(c3ccccc3)c3ccc(-c4ccc5oc6ccc7ccccc7c6c5c4)cc3)=CCC21. The van der Waals surface area contributed by atoms with Crippen molar-refractivity contribution in [3.63, 3.8) is 0 Å². The van der Waals surface area contributed by atoms with Crippen molar-refractivity contribution in [1.29, 1.82) is 0 Å². The highest BCUT2D eigenvalue weighted by Crippen LogP contribution is 2.54. The van der Waals surface area contributed by atoms with Gasteiger partial charge < -0.3 is 9.32 Å². The van der Waals surface area contributed by atoms with Crippen LogP contribution in [0.5, 0.6) is 0 Å². The van der Waals surface area contributed by atoms with Crippen LogP contribution >= 0.6 is 0 Å². The van der Waals surface area contributed by atoms with E-state index in [-0.39, 0.29) is 5.41 Å². The normalized spacial score (nSPS) is 16.8. The fourth-order valence-electron chi connectivity index (χ4n) is 7.83. The Morgan fingerprint density at radius 3 is 2.22 bits per heavy atom. The van der Waals surface area contributed by atoms with E-state index in [1.54, 1.807) is 0 Å². The van der Waals surface area contributed by atoms with Gasteiger partial charge >= 0.3 is 0 Å². The lowest BCUT2D eigenvalue weighted by molar-refractivity contribution is 0.413. The summed E-state index contributed by atoms with van der Waals surface area (Å²) in [6.07, 6.45) is 5.90. The van der Waals surface area contributed by atoms with Crippen LogP contribution in [0.15, 0.2) is 156 Å². The molecule has 0 N–H and O–H groups in total. The molecule has 1 atom stereocenters. The molecule has 1 aromatic heterocycles. The summed E-state index contributed by atoms with van der Waals surface area (Å²) >= 11 is 0. The lowest BCUT2D eigenvalue weighted by Gasteiger charge is -2.33. The van der Waals surface area contributed by atoms with Crippen LogP contribution in [0, 0.1) is 5.92 Å². The van der Waals surface area contributed by atoms with Crippen molar-refractivity contribution in [2.24, 2.45) is 5.92 Å². The highest BCUT2D eigenvalue weighted by molar-refractivity contribution is 6.19. The zero-order valence-corrected chi connectivity index (χ0v) is 25.5. The van der Waals surface area contributed by atoms with Crippen molar-refractivity contribution in [1.82, 2.24) is 0 Å². The Morgan fingerprint density at radius 1 is 0.644 bits per heavy atom. The van der Waals surface area contributed by atoms with Crippen molar-refractivity contribution in [2.45, 2.75) is 25.7 Å². The summed E-state index contributed by atoms with van der Waals surface area (Å²) in [7, 11) is 0. The van der Waals surface area contributed by atoms with Gasteiger partial charge in [0, 0.05) is 27.8 Å². The van der Waals surface area contributed by atoms with Crippen LogP contribution in [-0.4, -0.2) is 0 Å². The summed E-state index contributed by atoms with van der Waals surface area (Å²) in [6, 6.07) is 48.1. The van der Waals surface area contributed by atoms with Crippen LogP contribution < -0.4 is 4.90 Å². The maximum absolute atomic E-state index is 6.26. The van der Waals surface area contributed by atoms with Gasteiger partial charge in [-0.3, -0.25) is 0 Å². The molecule has 6 aromatic carbocycles. The number of benzene rings is 6. The Balaban J connectivity index is 1.12. The van der Waals surface area contributed by atoms with E-state index in [0.29, 0.717) is 5.92 Å². The quantitative estimate of drug-likeness (QED) is 0.206. The topological polar surface area (TPSA) is 16.4 Å². The first kappa shape index (κ1) is 26.1. The van der Waals surface area contributed by atoms with Crippen LogP contribution in [0.1, 0.15) is 31.4 Å². The van der Waals surface area contributed by atoms with Crippen LogP contribution in [-0.2, 0) is 5.41 Å². The number of hydrogen-bond donors (Lipinski definition) is 0. The summed E-state index contributed by atoms with van der Waals surface area (Å²) in [5, 5.41) is 4.79. The highest BCUT2D eigenvalue weighted by Gasteiger charge is 2.43. The summed E-state index contributed by atoms with van der Waals surface area (Å²) in [4.78, 5) is 2.40. The van der Waals surface area contributed by atoms with Gasteiger partial charge in [-0.1, -0.05) is 111 Å². The average Bonchev–Trinajstić information content (AvgIpc) is 3.58. The third-order valence-electron chi connectivity index (χ3n) is 10.1. The molecule has 9 rings (SSSR count). The standard InChI is InChI=1S/C43H33NO/c1-43(2)38-15-9-8-14-35(38)36-27-33(22-23-39(36)43)44(31-11-4-3-5-12-31)32-20-16-28(17-21-32)30-19-24-40-37(26-30)42-34-13-7-6-10-29(34)18-25-41(42)45-40/h3-22,24-27,39H,23H2,1-2H3. The second-order valence-corrected chi connectivity index (χ2v) is 13.0. The largest absolute Gasteiger partial charge is 0.456 e. The van der Waals surface area contributed by atoms with E-state index >= 15 is 0 Å². The number of allylic oxidation sites excluding steroid dienone is 3. The van der Waals surface area contributed by atoms with Gasteiger partial charge in [0.1, 0.15) is 11.2 Å². The Morgan fingerprint density at radius 2 is 1.36 bits per heavy atom. The Bertz CT molecular complexity index is 2320. The van der Waals surface area contributed by atoms with Gasteiger partial charge in [0.15, 0.2) is 0 Å². The maximum Gasteiger partial charge on any atom is 0.136 e. The summed E-state index contributed by atoms with van der Waals surface area (Å²) < 4.78 is 6.26. The van der Waals surface area contributed by atoms with E-state index in [4.69, 9.17) is 4.42 Å². The van der Waals surface area contributed by atoms with E-state index in [2.05, 4.69) is 164 Å². The first-order valence-electron chi connectivity index (χ1n) is 15.9. The van der Waals surface area contributed by atoms with Gasteiger partial charge in [-0.15, -0.1) is 0 Å². The highest BCUT2D eigenvalue weighted by atomic mass is 16.3. The molecule has 2 aliphatic rings. The van der Waals surface area contributed by atoms with Gasteiger partial charge in [-0.25, -0.2) is 0 Å². The molecular formula is C43H33NO. The van der Waals surface area contributed by atoms with Crippen molar-refractivity contribution in [3.05, 3.63) is 162 Å². The fourth-order valence-corrected chi connectivity index (χ4v) is 7.83. The molecule has 0 saturated heterocycles. The number of para-hydroxylation sites is 1. The molecular weight excluding hydrogens is 546 g/mol. The average molecular weight is 580 g/mol. The van der Waals surface area contributed by atoms with Gasteiger partial charge in [0.2, 0.25) is 0 Å². The summed E-state index contributed by atoms with van der Waals surface area (Å²) in [5.41, 5.74) is 12.2. The minimum absolute atomic E-state index is 0.122. The van der Waals surface area contributed by atoms with E-state index in [1.165, 1.54) is 49.7 Å². The van der Waals surface area contributed by atoms with Crippen molar-refractivity contribution in [3.8, 4) is 11.1 Å². The smallest absolute Gasteiger partial charge is 0.136 e. The molecule has 7 aromatic rings. The molecule has 45 heavy (non-hydrogen) atoms. The first-order valence-corrected chi connectivity index (χ1v) is 15.9. The van der Waals surface area contributed by atoms with Gasteiger partial charge in [-0.2, -0.15) is 0 Å². The summed E-state index contributed by atoms with van der Waals surface area (Å²) in [6.45, 7) is 4.80. The second kappa shape index (κ2) is 9.84. The van der Waals surface area contributed by atoms with Crippen LogP contribution in [0.2, 0.25) is 0 Å². The maximum atomic E-state index is 6.26. The van der Waals surface area contributed by atoms with Gasteiger partial charge in [0.25, 0.3) is 0 Å². The molecule has 0 radical (unpaired) electrons. The van der Waals surface area contributed by atoms with Gasteiger partial charge in [-0.05, 0) is 105 Å². The molecule has 2 nitrogen and oxygen atoms in total. The van der Waals surface area contributed by atoms with E-state index < -0.39 is 0 Å². The zero-order chi connectivity index (χ0) is 30.1.